The van der Waals surface area contributed by atoms with Gasteiger partial charge in [0, 0.05) is 17.8 Å². The SMILES string of the molecule is CC(C)C(O)CNC(=O)c1ccc(NC(=O)c2ccco2)cc1. The molecule has 0 aliphatic rings. The molecule has 0 bridgehead atoms. The predicted octanol–water partition coefficient (Wildman–Crippen LogP) is 2.28. The first-order valence-electron chi connectivity index (χ1n) is 7.38. The fourth-order valence-corrected chi connectivity index (χ4v) is 1.84. The lowest BCUT2D eigenvalue weighted by molar-refractivity contribution is 0.0871. The fraction of sp³-hybridized carbons (Fsp3) is 0.294. The molecule has 6 nitrogen and oxygen atoms in total. The van der Waals surface area contributed by atoms with Gasteiger partial charge in [0.2, 0.25) is 0 Å². The summed E-state index contributed by atoms with van der Waals surface area (Å²) in [6.45, 7) is 3.97. The molecule has 3 N–H and O–H groups in total. The summed E-state index contributed by atoms with van der Waals surface area (Å²) in [6.07, 6.45) is 0.847. The van der Waals surface area contributed by atoms with Crippen LogP contribution < -0.4 is 10.6 Å². The van der Waals surface area contributed by atoms with E-state index in [-0.39, 0.29) is 30.0 Å². The first-order chi connectivity index (χ1) is 11.0. The number of hydrogen-bond acceptors (Lipinski definition) is 4. The molecule has 0 aliphatic carbocycles. The third kappa shape index (κ3) is 4.69. The van der Waals surface area contributed by atoms with Crippen LogP contribution in [0, 0.1) is 5.92 Å². The molecule has 1 atom stereocenters. The van der Waals surface area contributed by atoms with Gasteiger partial charge in [-0.1, -0.05) is 13.8 Å². The lowest BCUT2D eigenvalue weighted by atomic mass is 10.1. The van der Waals surface area contributed by atoms with Gasteiger partial charge < -0.3 is 20.2 Å². The van der Waals surface area contributed by atoms with Crippen LogP contribution in [0.4, 0.5) is 5.69 Å². The number of carbonyl (C=O) groups excluding carboxylic acids is 2. The topological polar surface area (TPSA) is 91.6 Å². The Labute approximate surface area is 134 Å². The van der Waals surface area contributed by atoms with Gasteiger partial charge in [-0.25, -0.2) is 0 Å². The number of hydrogen-bond donors (Lipinski definition) is 3. The number of anilines is 1. The highest BCUT2D eigenvalue weighted by molar-refractivity contribution is 6.02. The minimum absolute atomic E-state index is 0.0782. The number of amides is 2. The highest BCUT2D eigenvalue weighted by Crippen LogP contribution is 2.12. The molecule has 122 valence electrons. The zero-order chi connectivity index (χ0) is 16.8. The maximum absolute atomic E-state index is 12.0. The van der Waals surface area contributed by atoms with E-state index >= 15 is 0 Å². The van der Waals surface area contributed by atoms with Crippen LogP contribution in [0.3, 0.4) is 0 Å². The second kappa shape index (κ2) is 7.60. The second-order valence-corrected chi connectivity index (χ2v) is 5.53. The molecule has 0 spiro atoms. The molecule has 2 amide bonds. The van der Waals surface area contributed by atoms with Gasteiger partial charge in [-0.05, 0) is 42.3 Å². The third-order valence-electron chi connectivity index (χ3n) is 3.39. The number of nitrogens with one attached hydrogen (secondary N) is 2. The van der Waals surface area contributed by atoms with E-state index in [9.17, 15) is 14.7 Å². The predicted molar refractivity (Wildman–Crippen MR) is 86.3 cm³/mol. The van der Waals surface area contributed by atoms with Crippen LogP contribution in [0.1, 0.15) is 34.8 Å². The zero-order valence-electron chi connectivity index (χ0n) is 13.1. The molecule has 1 aromatic heterocycles. The second-order valence-electron chi connectivity index (χ2n) is 5.53. The van der Waals surface area contributed by atoms with E-state index in [0.29, 0.717) is 11.3 Å². The number of rotatable bonds is 6. The Bertz CT molecular complexity index is 648. The lowest BCUT2D eigenvalue weighted by Gasteiger charge is -2.15. The van der Waals surface area contributed by atoms with Gasteiger partial charge in [0.25, 0.3) is 11.8 Å². The Morgan fingerprint density at radius 2 is 1.83 bits per heavy atom. The molecule has 0 fully saturated rings. The van der Waals surface area contributed by atoms with Crippen molar-refractivity contribution in [1.29, 1.82) is 0 Å². The van der Waals surface area contributed by atoms with E-state index in [1.807, 2.05) is 13.8 Å². The molecule has 6 heteroatoms. The largest absolute Gasteiger partial charge is 0.459 e. The van der Waals surface area contributed by atoms with E-state index in [0.717, 1.165) is 0 Å². The summed E-state index contributed by atoms with van der Waals surface area (Å²) >= 11 is 0. The third-order valence-corrected chi connectivity index (χ3v) is 3.39. The summed E-state index contributed by atoms with van der Waals surface area (Å²) < 4.78 is 5.00. The molecular weight excluding hydrogens is 296 g/mol. The Morgan fingerprint density at radius 3 is 2.39 bits per heavy atom. The monoisotopic (exact) mass is 316 g/mol. The van der Waals surface area contributed by atoms with Gasteiger partial charge in [-0.3, -0.25) is 9.59 Å². The Hall–Kier alpha value is -2.60. The van der Waals surface area contributed by atoms with Crippen LogP contribution in [0.5, 0.6) is 0 Å². The van der Waals surface area contributed by atoms with Crippen molar-refractivity contribution < 1.29 is 19.1 Å². The highest BCUT2D eigenvalue weighted by atomic mass is 16.3. The van der Waals surface area contributed by atoms with E-state index in [2.05, 4.69) is 10.6 Å². The van der Waals surface area contributed by atoms with Crippen molar-refractivity contribution in [3.05, 3.63) is 54.0 Å². The average Bonchev–Trinajstić information content (AvgIpc) is 3.07. The zero-order valence-corrected chi connectivity index (χ0v) is 13.1. The van der Waals surface area contributed by atoms with E-state index in [4.69, 9.17) is 4.42 Å². The Kier molecular flexibility index (Phi) is 5.54. The van der Waals surface area contributed by atoms with Crippen molar-refractivity contribution in [2.45, 2.75) is 20.0 Å². The first-order valence-corrected chi connectivity index (χ1v) is 7.38. The van der Waals surface area contributed by atoms with Crippen molar-refractivity contribution in [1.82, 2.24) is 5.32 Å². The number of aliphatic hydroxyl groups is 1. The number of furan rings is 1. The number of aliphatic hydroxyl groups excluding tert-OH is 1. The van der Waals surface area contributed by atoms with Crippen LogP contribution >= 0.6 is 0 Å². The van der Waals surface area contributed by atoms with Crippen LogP contribution in [0.15, 0.2) is 47.1 Å². The molecular formula is C17H20N2O4. The summed E-state index contributed by atoms with van der Waals surface area (Å²) in [5.74, 6) is -0.329. The quantitative estimate of drug-likeness (QED) is 0.762. The maximum atomic E-state index is 12.0. The molecule has 23 heavy (non-hydrogen) atoms. The van der Waals surface area contributed by atoms with Crippen molar-refractivity contribution in [2.24, 2.45) is 5.92 Å². The molecule has 1 heterocycles. The lowest BCUT2D eigenvalue weighted by Crippen LogP contribution is -2.34. The average molecular weight is 316 g/mol. The van der Waals surface area contributed by atoms with Crippen LogP contribution in [0.25, 0.3) is 0 Å². The van der Waals surface area contributed by atoms with Gasteiger partial charge in [0.15, 0.2) is 5.76 Å². The summed E-state index contributed by atoms with van der Waals surface area (Å²) in [5, 5.41) is 15.0. The molecule has 0 radical (unpaired) electrons. The van der Waals surface area contributed by atoms with Gasteiger partial charge in [-0.15, -0.1) is 0 Å². The van der Waals surface area contributed by atoms with E-state index in [1.165, 1.54) is 6.26 Å². The van der Waals surface area contributed by atoms with E-state index < -0.39 is 6.10 Å². The molecule has 2 rings (SSSR count). The molecule has 0 saturated carbocycles. The fourth-order valence-electron chi connectivity index (χ4n) is 1.84. The molecule has 0 saturated heterocycles. The van der Waals surface area contributed by atoms with E-state index in [1.54, 1.807) is 36.4 Å². The minimum Gasteiger partial charge on any atom is -0.459 e. The van der Waals surface area contributed by atoms with Crippen molar-refractivity contribution >= 4 is 17.5 Å². The Balaban J connectivity index is 1.91. The van der Waals surface area contributed by atoms with Crippen molar-refractivity contribution in [2.75, 3.05) is 11.9 Å². The van der Waals surface area contributed by atoms with Gasteiger partial charge in [0.1, 0.15) is 0 Å². The van der Waals surface area contributed by atoms with Gasteiger partial charge >= 0.3 is 0 Å². The van der Waals surface area contributed by atoms with Crippen LogP contribution in [-0.4, -0.2) is 29.6 Å². The number of carbonyl (C=O) groups is 2. The first kappa shape index (κ1) is 16.8. The number of benzene rings is 1. The summed E-state index contributed by atoms with van der Waals surface area (Å²) in [7, 11) is 0. The van der Waals surface area contributed by atoms with Crippen LogP contribution in [-0.2, 0) is 0 Å². The summed E-state index contributed by atoms with van der Waals surface area (Å²) in [6, 6.07) is 9.68. The van der Waals surface area contributed by atoms with Gasteiger partial charge in [0.05, 0.1) is 12.4 Å². The molecule has 1 unspecified atom stereocenters. The molecule has 1 aromatic carbocycles. The smallest absolute Gasteiger partial charge is 0.291 e. The standard InChI is InChI=1S/C17H20N2O4/c1-11(2)14(20)10-18-16(21)12-5-7-13(8-6-12)19-17(22)15-4-3-9-23-15/h3-9,11,14,20H,10H2,1-2H3,(H,18,21)(H,19,22). The molecule has 2 aromatic rings. The maximum Gasteiger partial charge on any atom is 0.291 e. The summed E-state index contributed by atoms with van der Waals surface area (Å²) in [4.78, 5) is 23.8. The Morgan fingerprint density at radius 1 is 1.13 bits per heavy atom. The van der Waals surface area contributed by atoms with Crippen LogP contribution in [0.2, 0.25) is 0 Å². The minimum atomic E-state index is -0.578. The molecule has 0 aliphatic heterocycles. The normalized spacial score (nSPS) is 12.0. The van der Waals surface area contributed by atoms with Gasteiger partial charge in [-0.2, -0.15) is 0 Å². The van der Waals surface area contributed by atoms with Crippen molar-refractivity contribution in [3.63, 3.8) is 0 Å². The van der Waals surface area contributed by atoms with Crippen molar-refractivity contribution in [3.8, 4) is 0 Å². The summed E-state index contributed by atoms with van der Waals surface area (Å²) in [5.41, 5.74) is 1.02. The highest BCUT2D eigenvalue weighted by Gasteiger charge is 2.12.